The number of benzene rings is 1. The first-order valence-electron chi connectivity index (χ1n) is 7.57. The molecule has 5 nitrogen and oxygen atoms in total. The molecule has 22 heavy (non-hydrogen) atoms. The van der Waals surface area contributed by atoms with Crippen LogP contribution in [-0.4, -0.2) is 31.1 Å². The fourth-order valence-corrected chi connectivity index (χ4v) is 3.04. The number of rotatable bonds is 2. The number of amides is 2. The number of ether oxygens (including phenoxy) is 1. The molecule has 0 saturated carbocycles. The van der Waals surface area contributed by atoms with Gasteiger partial charge in [0.15, 0.2) is 0 Å². The van der Waals surface area contributed by atoms with E-state index in [1.165, 1.54) is 0 Å². The summed E-state index contributed by atoms with van der Waals surface area (Å²) in [5, 5.41) is 2.89. The number of para-hydroxylation sites is 2. The van der Waals surface area contributed by atoms with Crippen LogP contribution in [0.5, 0.6) is 0 Å². The van der Waals surface area contributed by atoms with E-state index in [0.29, 0.717) is 25.3 Å². The Hall–Kier alpha value is -2.14. The molecule has 1 saturated heterocycles. The Labute approximate surface area is 129 Å². The van der Waals surface area contributed by atoms with E-state index in [-0.39, 0.29) is 29.8 Å². The molecule has 1 fully saturated rings. The molecule has 3 atom stereocenters. The minimum atomic E-state index is -0.263. The van der Waals surface area contributed by atoms with Crippen LogP contribution in [0.4, 0.5) is 11.4 Å². The normalized spacial score (nSPS) is 27.8. The first-order valence-corrected chi connectivity index (χ1v) is 7.57. The first kappa shape index (κ1) is 14.8. The lowest BCUT2D eigenvalue weighted by atomic mass is 9.98. The van der Waals surface area contributed by atoms with Gasteiger partial charge in [-0.25, -0.2) is 0 Å². The highest BCUT2D eigenvalue weighted by Crippen LogP contribution is 2.33. The summed E-state index contributed by atoms with van der Waals surface area (Å²) in [5.41, 5.74) is 1.43. The molecule has 116 valence electrons. The summed E-state index contributed by atoms with van der Waals surface area (Å²) in [6.45, 7) is 6.52. The van der Waals surface area contributed by atoms with Crippen molar-refractivity contribution in [1.29, 1.82) is 0 Å². The number of carbonyl (C=O) groups excluding carboxylic acids is 2. The van der Waals surface area contributed by atoms with Gasteiger partial charge < -0.3 is 15.0 Å². The Bertz CT molecular complexity index is 614. The van der Waals surface area contributed by atoms with Gasteiger partial charge >= 0.3 is 0 Å². The molecule has 1 aromatic rings. The van der Waals surface area contributed by atoms with Crippen molar-refractivity contribution in [2.24, 2.45) is 11.8 Å². The van der Waals surface area contributed by atoms with Gasteiger partial charge in [-0.05, 0) is 18.6 Å². The zero-order valence-electron chi connectivity index (χ0n) is 12.6. The Kier molecular flexibility index (Phi) is 3.98. The lowest BCUT2D eigenvalue weighted by Gasteiger charge is -2.27. The number of anilines is 2. The number of nitrogens with zero attached hydrogens (tertiary/aromatic N) is 1. The number of carbonyl (C=O) groups is 2. The van der Waals surface area contributed by atoms with Crippen LogP contribution in [0.15, 0.2) is 36.9 Å². The average Bonchev–Trinajstić information content (AvgIpc) is 2.96. The van der Waals surface area contributed by atoms with Gasteiger partial charge in [0.2, 0.25) is 11.8 Å². The van der Waals surface area contributed by atoms with E-state index in [4.69, 9.17) is 4.74 Å². The molecular weight excluding hydrogens is 280 g/mol. The summed E-state index contributed by atoms with van der Waals surface area (Å²) in [4.78, 5) is 26.8. The van der Waals surface area contributed by atoms with E-state index < -0.39 is 0 Å². The van der Waals surface area contributed by atoms with Crippen LogP contribution in [0.2, 0.25) is 0 Å². The lowest BCUT2D eigenvalue weighted by Crippen LogP contribution is -2.41. The van der Waals surface area contributed by atoms with Gasteiger partial charge in [-0.2, -0.15) is 0 Å². The second-order valence-corrected chi connectivity index (χ2v) is 5.82. The Morgan fingerprint density at radius 2 is 2.23 bits per heavy atom. The molecule has 0 spiro atoms. The summed E-state index contributed by atoms with van der Waals surface area (Å²) in [5.74, 6) is -0.560. The number of fused-ring (bicyclic) bond motifs is 1. The summed E-state index contributed by atoms with van der Waals surface area (Å²) < 4.78 is 5.55. The molecule has 2 heterocycles. The molecule has 1 N–H and O–H groups in total. The maximum absolute atomic E-state index is 13.0. The van der Waals surface area contributed by atoms with Crippen molar-refractivity contribution >= 4 is 23.2 Å². The molecule has 2 amide bonds. The van der Waals surface area contributed by atoms with Crippen molar-refractivity contribution < 1.29 is 14.3 Å². The standard InChI is InChI=1S/C17H20N2O3/c1-3-15-12(8-9-22-15)17(21)19-10-11(2)16(20)18-13-6-4-5-7-14(13)19/h3-7,11-12,15H,1,8-10H2,2H3,(H,18,20)/t11?,12-,15+/m1/s1. The molecule has 0 aromatic heterocycles. The third kappa shape index (κ3) is 2.52. The van der Waals surface area contributed by atoms with Crippen LogP contribution < -0.4 is 10.2 Å². The van der Waals surface area contributed by atoms with Gasteiger partial charge in [-0.15, -0.1) is 6.58 Å². The van der Waals surface area contributed by atoms with Gasteiger partial charge in [0.25, 0.3) is 0 Å². The number of nitrogens with one attached hydrogen (secondary N) is 1. The second kappa shape index (κ2) is 5.93. The smallest absolute Gasteiger partial charge is 0.233 e. The quantitative estimate of drug-likeness (QED) is 0.852. The molecule has 0 aliphatic carbocycles. The summed E-state index contributed by atoms with van der Waals surface area (Å²) in [7, 11) is 0. The van der Waals surface area contributed by atoms with Crippen LogP contribution >= 0.6 is 0 Å². The largest absolute Gasteiger partial charge is 0.373 e. The molecule has 2 aliphatic heterocycles. The van der Waals surface area contributed by atoms with E-state index in [9.17, 15) is 9.59 Å². The fraction of sp³-hybridized carbons (Fsp3) is 0.412. The van der Waals surface area contributed by atoms with Crippen LogP contribution in [0, 0.1) is 11.8 Å². The van der Waals surface area contributed by atoms with Crippen molar-refractivity contribution in [3.05, 3.63) is 36.9 Å². The molecule has 3 rings (SSSR count). The van der Waals surface area contributed by atoms with Crippen molar-refractivity contribution in [3.8, 4) is 0 Å². The van der Waals surface area contributed by atoms with Gasteiger partial charge in [0, 0.05) is 13.2 Å². The van der Waals surface area contributed by atoms with Crippen LogP contribution in [0.25, 0.3) is 0 Å². The molecule has 0 bridgehead atoms. The van der Waals surface area contributed by atoms with Gasteiger partial charge in [-0.3, -0.25) is 9.59 Å². The topological polar surface area (TPSA) is 58.6 Å². The van der Waals surface area contributed by atoms with E-state index in [1.807, 2.05) is 31.2 Å². The fourth-order valence-electron chi connectivity index (χ4n) is 3.04. The maximum Gasteiger partial charge on any atom is 0.233 e. The summed E-state index contributed by atoms with van der Waals surface area (Å²) in [6, 6.07) is 7.41. The molecule has 1 unspecified atom stereocenters. The van der Waals surface area contributed by atoms with Crippen LogP contribution in [-0.2, 0) is 14.3 Å². The number of hydrogen-bond acceptors (Lipinski definition) is 3. The van der Waals surface area contributed by atoms with Gasteiger partial charge in [0.05, 0.1) is 29.3 Å². The molecular formula is C17H20N2O3. The van der Waals surface area contributed by atoms with E-state index in [2.05, 4.69) is 11.9 Å². The highest BCUT2D eigenvalue weighted by atomic mass is 16.5. The van der Waals surface area contributed by atoms with Crippen LogP contribution in [0.3, 0.4) is 0 Å². The highest BCUT2D eigenvalue weighted by molar-refractivity contribution is 6.05. The zero-order valence-corrected chi connectivity index (χ0v) is 12.6. The van der Waals surface area contributed by atoms with E-state index in [1.54, 1.807) is 11.0 Å². The van der Waals surface area contributed by atoms with Crippen molar-refractivity contribution in [3.63, 3.8) is 0 Å². The predicted octanol–water partition coefficient (Wildman–Crippen LogP) is 2.20. The van der Waals surface area contributed by atoms with Crippen LogP contribution in [0.1, 0.15) is 13.3 Å². The van der Waals surface area contributed by atoms with Crippen molar-refractivity contribution in [2.75, 3.05) is 23.4 Å². The molecule has 1 aromatic carbocycles. The van der Waals surface area contributed by atoms with Gasteiger partial charge in [-0.1, -0.05) is 25.1 Å². The maximum atomic E-state index is 13.0. The third-order valence-electron chi connectivity index (χ3n) is 4.31. The summed E-state index contributed by atoms with van der Waals surface area (Å²) >= 11 is 0. The minimum Gasteiger partial charge on any atom is -0.373 e. The lowest BCUT2D eigenvalue weighted by molar-refractivity contribution is -0.123. The molecule has 2 aliphatic rings. The second-order valence-electron chi connectivity index (χ2n) is 5.82. The third-order valence-corrected chi connectivity index (χ3v) is 4.31. The Morgan fingerprint density at radius 1 is 1.45 bits per heavy atom. The monoisotopic (exact) mass is 300 g/mol. The first-order chi connectivity index (χ1) is 10.6. The van der Waals surface area contributed by atoms with Crippen molar-refractivity contribution in [2.45, 2.75) is 19.4 Å². The van der Waals surface area contributed by atoms with Gasteiger partial charge in [0.1, 0.15) is 0 Å². The highest BCUT2D eigenvalue weighted by Gasteiger charge is 2.38. The minimum absolute atomic E-state index is 0.00167. The molecule has 5 heteroatoms. The number of hydrogen-bond donors (Lipinski definition) is 1. The predicted molar refractivity (Wildman–Crippen MR) is 84.6 cm³/mol. The van der Waals surface area contributed by atoms with E-state index in [0.717, 1.165) is 5.69 Å². The Balaban J connectivity index is 1.96. The van der Waals surface area contributed by atoms with Crippen molar-refractivity contribution in [1.82, 2.24) is 0 Å². The SMILES string of the molecule is C=C[C@@H]1OCC[C@H]1C(=O)N1CC(C)C(=O)Nc2ccccc21. The molecule has 0 radical (unpaired) electrons. The average molecular weight is 300 g/mol. The summed E-state index contributed by atoms with van der Waals surface area (Å²) in [6.07, 6.45) is 2.12. The van der Waals surface area contributed by atoms with E-state index >= 15 is 0 Å². The zero-order chi connectivity index (χ0) is 15.7. The Morgan fingerprint density at radius 3 is 3.00 bits per heavy atom.